The smallest absolute Gasteiger partial charge is 0.143 e. The van der Waals surface area contributed by atoms with Gasteiger partial charge >= 0.3 is 0 Å². The maximum absolute atomic E-state index is 7.30. The van der Waals surface area contributed by atoms with E-state index in [-0.39, 0.29) is 0 Å². The molecule has 1 radical (unpaired) electrons. The molecule has 53 valence electrons. The summed E-state index contributed by atoms with van der Waals surface area (Å²) in [6.45, 7) is 0. The van der Waals surface area contributed by atoms with Crippen LogP contribution in [-0.2, 0) is 0 Å². The number of nitrogens with one attached hydrogen (secondary N) is 1. The summed E-state index contributed by atoms with van der Waals surface area (Å²) in [5.74, 6) is 0.546. The zero-order valence-electron chi connectivity index (χ0n) is 5.52. The predicted octanol–water partition coefficient (Wildman–Crippen LogP) is 2.26. The maximum atomic E-state index is 7.30. The van der Waals surface area contributed by atoms with Crippen LogP contribution in [0.5, 0.6) is 5.75 Å². The van der Waals surface area contributed by atoms with Crippen LogP contribution in [0.4, 0.5) is 5.69 Å². The van der Waals surface area contributed by atoms with Crippen LogP contribution in [0, 0.1) is 0 Å². The van der Waals surface area contributed by atoms with Gasteiger partial charge in [-0.25, -0.2) is 0 Å². The number of methoxy groups -OCH3 is 1. The lowest BCUT2D eigenvalue weighted by atomic mass is 10.3. The fourth-order valence-electron chi connectivity index (χ4n) is 0.680. The van der Waals surface area contributed by atoms with Crippen LogP contribution in [0.3, 0.4) is 0 Å². The molecular weight excluding hydrogens is 150 g/mol. The Balaban J connectivity index is 3.07. The molecule has 1 N–H and O–H groups in total. The van der Waals surface area contributed by atoms with Crippen LogP contribution in [0.2, 0.25) is 5.02 Å². The first-order valence-corrected chi connectivity index (χ1v) is 3.17. The van der Waals surface area contributed by atoms with Gasteiger partial charge in [-0.3, -0.25) is 5.73 Å². The minimum absolute atomic E-state index is 0.315. The average molecular weight is 157 g/mol. The lowest BCUT2D eigenvalue weighted by Crippen LogP contribution is -1.83. The van der Waals surface area contributed by atoms with Crippen LogP contribution in [-0.4, -0.2) is 7.11 Å². The Kier molecular flexibility index (Phi) is 2.02. The largest absolute Gasteiger partial charge is 0.495 e. The molecule has 1 aromatic carbocycles. The first-order chi connectivity index (χ1) is 4.74. The first kappa shape index (κ1) is 7.22. The average Bonchev–Trinajstić information content (AvgIpc) is 1.88. The highest BCUT2D eigenvalue weighted by Crippen LogP contribution is 2.25. The van der Waals surface area contributed by atoms with E-state index in [1.165, 1.54) is 7.11 Å². The van der Waals surface area contributed by atoms with Gasteiger partial charge in [-0.15, -0.1) is 0 Å². The molecule has 0 amide bonds. The van der Waals surface area contributed by atoms with Gasteiger partial charge in [-0.05, 0) is 18.2 Å². The molecule has 0 saturated heterocycles. The van der Waals surface area contributed by atoms with E-state index in [0.717, 1.165) is 0 Å². The minimum Gasteiger partial charge on any atom is -0.495 e. The lowest BCUT2D eigenvalue weighted by Gasteiger charge is -2.01. The summed E-state index contributed by atoms with van der Waals surface area (Å²) in [5.41, 5.74) is 7.62. The zero-order chi connectivity index (χ0) is 7.56. The molecule has 0 saturated carbocycles. The standard InChI is InChI=1S/C7H7ClNO/c1-10-7-3-2-5(8)4-6(7)9/h2-4,9H,1H3. The highest BCUT2D eigenvalue weighted by molar-refractivity contribution is 6.30. The van der Waals surface area contributed by atoms with Gasteiger partial charge in [0.2, 0.25) is 0 Å². The van der Waals surface area contributed by atoms with Gasteiger partial charge < -0.3 is 4.74 Å². The highest BCUT2D eigenvalue weighted by atomic mass is 35.5. The van der Waals surface area contributed by atoms with E-state index < -0.39 is 0 Å². The fraction of sp³-hybridized carbons (Fsp3) is 0.143. The van der Waals surface area contributed by atoms with Gasteiger partial charge in [0.05, 0.1) is 12.8 Å². The van der Waals surface area contributed by atoms with E-state index in [2.05, 4.69) is 0 Å². The van der Waals surface area contributed by atoms with Crippen molar-refractivity contribution in [3.05, 3.63) is 23.2 Å². The molecule has 0 aliphatic rings. The van der Waals surface area contributed by atoms with Crippen molar-refractivity contribution in [2.45, 2.75) is 0 Å². The summed E-state index contributed by atoms with van der Waals surface area (Å²) in [6, 6.07) is 4.91. The molecule has 0 fully saturated rings. The first-order valence-electron chi connectivity index (χ1n) is 2.79. The summed E-state index contributed by atoms with van der Waals surface area (Å²) in [4.78, 5) is 0. The van der Waals surface area contributed by atoms with E-state index >= 15 is 0 Å². The summed E-state index contributed by atoms with van der Waals surface area (Å²) in [7, 11) is 1.53. The Morgan fingerprint density at radius 2 is 2.20 bits per heavy atom. The molecule has 3 heteroatoms. The van der Waals surface area contributed by atoms with Crippen molar-refractivity contribution in [2.75, 3.05) is 7.11 Å². The lowest BCUT2D eigenvalue weighted by molar-refractivity contribution is 0.416. The number of halogens is 1. The van der Waals surface area contributed by atoms with Gasteiger partial charge in [0.15, 0.2) is 0 Å². The Morgan fingerprint density at radius 1 is 1.50 bits per heavy atom. The second-order valence-electron chi connectivity index (χ2n) is 1.84. The molecular formula is C7H7ClNO. The van der Waals surface area contributed by atoms with Gasteiger partial charge in [0.25, 0.3) is 0 Å². The molecule has 1 rings (SSSR count). The molecule has 2 nitrogen and oxygen atoms in total. The van der Waals surface area contributed by atoms with Crippen molar-refractivity contribution >= 4 is 17.3 Å². The third-order valence-electron chi connectivity index (χ3n) is 1.16. The van der Waals surface area contributed by atoms with Crippen molar-refractivity contribution in [3.8, 4) is 5.75 Å². The van der Waals surface area contributed by atoms with Crippen LogP contribution in [0.25, 0.3) is 0 Å². The third-order valence-corrected chi connectivity index (χ3v) is 1.40. The van der Waals surface area contributed by atoms with Crippen LogP contribution < -0.4 is 10.5 Å². The molecule has 0 aromatic heterocycles. The summed E-state index contributed by atoms with van der Waals surface area (Å²) < 4.78 is 4.85. The number of rotatable bonds is 1. The zero-order valence-corrected chi connectivity index (χ0v) is 6.27. The Bertz CT molecular complexity index is 237. The van der Waals surface area contributed by atoms with Crippen molar-refractivity contribution < 1.29 is 4.74 Å². The van der Waals surface area contributed by atoms with Crippen molar-refractivity contribution in [1.29, 1.82) is 0 Å². The summed E-state index contributed by atoms with van der Waals surface area (Å²) in [6.07, 6.45) is 0. The van der Waals surface area contributed by atoms with E-state index in [9.17, 15) is 0 Å². The topological polar surface area (TPSA) is 33.0 Å². The molecule has 1 aromatic rings. The third kappa shape index (κ3) is 1.33. The van der Waals surface area contributed by atoms with Gasteiger partial charge in [-0.1, -0.05) is 11.6 Å². The molecule has 10 heavy (non-hydrogen) atoms. The van der Waals surface area contributed by atoms with Gasteiger partial charge in [-0.2, -0.15) is 0 Å². The second-order valence-corrected chi connectivity index (χ2v) is 2.28. The molecule has 0 aliphatic carbocycles. The van der Waals surface area contributed by atoms with E-state index in [4.69, 9.17) is 22.1 Å². The molecule has 0 unspecified atom stereocenters. The monoisotopic (exact) mass is 156 g/mol. The molecule has 0 atom stereocenters. The van der Waals surface area contributed by atoms with Crippen LogP contribution in [0.15, 0.2) is 18.2 Å². The normalized spacial score (nSPS) is 9.40. The molecule has 0 aliphatic heterocycles. The maximum Gasteiger partial charge on any atom is 0.143 e. The van der Waals surface area contributed by atoms with Crippen molar-refractivity contribution in [1.82, 2.24) is 5.73 Å². The van der Waals surface area contributed by atoms with Crippen molar-refractivity contribution in [2.24, 2.45) is 0 Å². The number of hydrogen-bond donors (Lipinski definition) is 0. The number of benzene rings is 1. The molecule has 0 bridgehead atoms. The predicted molar refractivity (Wildman–Crippen MR) is 40.8 cm³/mol. The van der Waals surface area contributed by atoms with Gasteiger partial charge in [0.1, 0.15) is 5.75 Å². The van der Waals surface area contributed by atoms with E-state index in [1.807, 2.05) is 0 Å². The van der Waals surface area contributed by atoms with E-state index in [0.29, 0.717) is 16.5 Å². The molecule has 0 heterocycles. The Morgan fingerprint density at radius 3 is 2.70 bits per heavy atom. The summed E-state index contributed by atoms with van der Waals surface area (Å²) >= 11 is 5.60. The second kappa shape index (κ2) is 2.80. The Labute approximate surface area is 64.6 Å². The highest BCUT2D eigenvalue weighted by Gasteiger charge is 1.97. The van der Waals surface area contributed by atoms with Gasteiger partial charge in [0, 0.05) is 5.02 Å². The number of hydrogen-bond acceptors (Lipinski definition) is 1. The number of ether oxygens (including phenoxy) is 1. The SMILES string of the molecule is COc1ccc(Cl)cc1[NH]. The quantitative estimate of drug-likeness (QED) is 0.614. The summed E-state index contributed by atoms with van der Waals surface area (Å²) in [5, 5.41) is 0.561. The van der Waals surface area contributed by atoms with Crippen molar-refractivity contribution in [3.63, 3.8) is 0 Å². The van der Waals surface area contributed by atoms with Crippen LogP contribution >= 0.6 is 11.6 Å². The fourth-order valence-corrected chi connectivity index (χ4v) is 0.852. The Hall–Kier alpha value is -0.890. The molecule has 0 spiro atoms. The minimum atomic E-state index is 0.315. The van der Waals surface area contributed by atoms with E-state index in [1.54, 1.807) is 18.2 Å². The van der Waals surface area contributed by atoms with Crippen LogP contribution in [0.1, 0.15) is 0 Å².